The van der Waals surface area contributed by atoms with E-state index < -0.39 is 22.5 Å². The van der Waals surface area contributed by atoms with Gasteiger partial charge in [0.05, 0.1) is 24.8 Å². The van der Waals surface area contributed by atoms with Gasteiger partial charge in [-0.05, 0) is 48.0 Å². The zero-order chi connectivity index (χ0) is 23.1. The highest BCUT2D eigenvalue weighted by Crippen LogP contribution is 2.28. The monoisotopic (exact) mass is 474 g/mol. The molecule has 3 rings (SSSR count). The van der Waals surface area contributed by atoms with E-state index in [9.17, 15) is 13.2 Å². The van der Waals surface area contributed by atoms with E-state index in [2.05, 4.69) is 5.32 Å². The molecular weight excluding hydrogens is 452 g/mol. The van der Waals surface area contributed by atoms with E-state index in [1.165, 1.54) is 32.4 Å². The van der Waals surface area contributed by atoms with Gasteiger partial charge in [0.25, 0.3) is 10.0 Å². The molecule has 0 spiro atoms. The summed E-state index contributed by atoms with van der Waals surface area (Å²) in [5.74, 6) is 0.634. The highest BCUT2D eigenvalue weighted by molar-refractivity contribution is 7.92. The molecule has 1 N–H and O–H groups in total. The van der Waals surface area contributed by atoms with Crippen LogP contribution in [0.1, 0.15) is 5.56 Å². The third-order valence-electron chi connectivity index (χ3n) is 4.65. The summed E-state index contributed by atoms with van der Waals surface area (Å²) < 4.78 is 38.1. The number of rotatable bonds is 9. The smallest absolute Gasteiger partial charge is 0.264 e. The number of methoxy groups -OCH3 is 2. The van der Waals surface area contributed by atoms with Crippen molar-refractivity contribution >= 4 is 33.2 Å². The lowest BCUT2D eigenvalue weighted by molar-refractivity contribution is -0.119. The van der Waals surface area contributed by atoms with Gasteiger partial charge in [0, 0.05) is 11.6 Å². The van der Waals surface area contributed by atoms with E-state index in [0.29, 0.717) is 22.2 Å². The van der Waals surface area contributed by atoms with Crippen molar-refractivity contribution in [2.45, 2.75) is 11.4 Å². The molecule has 9 heteroatoms. The second-order valence-corrected chi connectivity index (χ2v) is 9.07. The van der Waals surface area contributed by atoms with Crippen molar-refractivity contribution in [3.63, 3.8) is 0 Å². The SMILES string of the molecule is COc1ccc(CNC(=O)CN(c2cccc(Cl)c2)S(=O)(=O)c2ccccc2)cc1OC. The Hall–Kier alpha value is -3.23. The Morgan fingerprint density at radius 2 is 1.66 bits per heavy atom. The number of nitrogens with zero attached hydrogens (tertiary/aromatic N) is 1. The summed E-state index contributed by atoms with van der Waals surface area (Å²) in [6, 6.07) is 19.6. The summed E-state index contributed by atoms with van der Waals surface area (Å²) >= 11 is 6.07. The molecule has 0 aliphatic rings. The van der Waals surface area contributed by atoms with Crippen molar-refractivity contribution < 1.29 is 22.7 Å². The van der Waals surface area contributed by atoms with Gasteiger partial charge in [-0.1, -0.05) is 41.9 Å². The number of benzene rings is 3. The predicted octanol–water partition coefficient (Wildman–Crippen LogP) is 3.87. The molecule has 168 valence electrons. The van der Waals surface area contributed by atoms with Crippen LogP contribution in [0.15, 0.2) is 77.7 Å². The summed E-state index contributed by atoms with van der Waals surface area (Å²) in [6.45, 7) is -0.223. The van der Waals surface area contributed by atoms with Crippen molar-refractivity contribution in [1.82, 2.24) is 5.32 Å². The first-order valence-corrected chi connectivity index (χ1v) is 11.5. The minimum atomic E-state index is -3.99. The molecule has 0 aliphatic carbocycles. The molecule has 0 radical (unpaired) electrons. The molecule has 0 saturated heterocycles. The van der Waals surface area contributed by atoms with E-state index >= 15 is 0 Å². The van der Waals surface area contributed by atoms with Crippen LogP contribution in [0.2, 0.25) is 5.02 Å². The first-order valence-electron chi connectivity index (χ1n) is 9.66. The van der Waals surface area contributed by atoms with Crippen LogP contribution in [0, 0.1) is 0 Å². The highest BCUT2D eigenvalue weighted by Gasteiger charge is 2.27. The van der Waals surface area contributed by atoms with Crippen molar-refractivity contribution in [3.8, 4) is 11.5 Å². The first kappa shape index (κ1) is 23.4. The molecule has 7 nitrogen and oxygen atoms in total. The number of halogens is 1. The van der Waals surface area contributed by atoms with Gasteiger partial charge in [-0.2, -0.15) is 0 Å². The molecule has 0 aliphatic heterocycles. The number of carbonyl (C=O) groups is 1. The number of sulfonamides is 1. The third-order valence-corrected chi connectivity index (χ3v) is 6.68. The lowest BCUT2D eigenvalue weighted by Gasteiger charge is -2.24. The maximum Gasteiger partial charge on any atom is 0.264 e. The molecule has 0 atom stereocenters. The molecule has 0 fully saturated rings. The van der Waals surface area contributed by atoms with Crippen LogP contribution in [-0.2, 0) is 21.4 Å². The van der Waals surface area contributed by atoms with Crippen LogP contribution in [0.5, 0.6) is 11.5 Å². The van der Waals surface area contributed by atoms with E-state index in [0.717, 1.165) is 9.87 Å². The van der Waals surface area contributed by atoms with Crippen LogP contribution in [0.4, 0.5) is 5.69 Å². The van der Waals surface area contributed by atoms with Crippen LogP contribution in [0.3, 0.4) is 0 Å². The predicted molar refractivity (Wildman–Crippen MR) is 124 cm³/mol. The number of nitrogens with one attached hydrogen (secondary N) is 1. The Morgan fingerprint density at radius 3 is 2.31 bits per heavy atom. The van der Waals surface area contributed by atoms with Gasteiger partial charge in [0.1, 0.15) is 6.54 Å². The number of ether oxygens (including phenoxy) is 2. The van der Waals surface area contributed by atoms with E-state index in [1.807, 2.05) is 0 Å². The number of hydrogen-bond donors (Lipinski definition) is 1. The van der Waals surface area contributed by atoms with Crippen molar-refractivity contribution in [1.29, 1.82) is 0 Å². The van der Waals surface area contributed by atoms with Gasteiger partial charge in [0.15, 0.2) is 11.5 Å². The van der Waals surface area contributed by atoms with Gasteiger partial charge in [0.2, 0.25) is 5.91 Å². The summed E-state index contributed by atoms with van der Waals surface area (Å²) in [6.07, 6.45) is 0. The normalized spacial score (nSPS) is 11.0. The maximum absolute atomic E-state index is 13.3. The number of carbonyl (C=O) groups excluding carboxylic acids is 1. The molecule has 0 heterocycles. The topological polar surface area (TPSA) is 84.9 Å². The van der Waals surface area contributed by atoms with Crippen molar-refractivity contribution in [2.24, 2.45) is 0 Å². The molecule has 3 aromatic carbocycles. The van der Waals surface area contributed by atoms with Crippen LogP contribution in [-0.4, -0.2) is 35.1 Å². The van der Waals surface area contributed by atoms with E-state index in [-0.39, 0.29) is 11.4 Å². The van der Waals surface area contributed by atoms with Gasteiger partial charge >= 0.3 is 0 Å². The molecule has 0 unspecified atom stereocenters. The molecule has 1 amide bonds. The molecule has 3 aromatic rings. The summed E-state index contributed by atoms with van der Waals surface area (Å²) in [4.78, 5) is 12.8. The second kappa shape index (κ2) is 10.4. The van der Waals surface area contributed by atoms with Gasteiger partial charge in [-0.25, -0.2) is 8.42 Å². The van der Waals surface area contributed by atoms with Crippen LogP contribution in [0.25, 0.3) is 0 Å². The van der Waals surface area contributed by atoms with Crippen molar-refractivity contribution in [2.75, 3.05) is 25.1 Å². The fraction of sp³-hybridized carbons (Fsp3) is 0.174. The Balaban J connectivity index is 1.81. The van der Waals surface area contributed by atoms with Crippen LogP contribution < -0.4 is 19.1 Å². The molecule has 0 aromatic heterocycles. The highest BCUT2D eigenvalue weighted by atomic mass is 35.5. The first-order chi connectivity index (χ1) is 15.3. The minimum Gasteiger partial charge on any atom is -0.493 e. The van der Waals surface area contributed by atoms with Gasteiger partial charge in [-0.3, -0.25) is 9.10 Å². The van der Waals surface area contributed by atoms with E-state index in [1.54, 1.807) is 54.6 Å². The van der Waals surface area contributed by atoms with Gasteiger partial charge < -0.3 is 14.8 Å². The van der Waals surface area contributed by atoms with E-state index in [4.69, 9.17) is 21.1 Å². The molecule has 32 heavy (non-hydrogen) atoms. The maximum atomic E-state index is 13.3. The molecule has 0 bridgehead atoms. The zero-order valence-electron chi connectivity index (χ0n) is 17.6. The summed E-state index contributed by atoms with van der Waals surface area (Å²) in [5.41, 5.74) is 1.07. The Bertz CT molecular complexity index is 1190. The fourth-order valence-electron chi connectivity index (χ4n) is 3.04. The van der Waals surface area contributed by atoms with Crippen molar-refractivity contribution in [3.05, 3.63) is 83.4 Å². The van der Waals surface area contributed by atoms with Gasteiger partial charge in [-0.15, -0.1) is 0 Å². The Morgan fingerprint density at radius 1 is 0.938 bits per heavy atom. The summed E-state index contributed by atoms with van der Waals surface area (Å²) in [5, 5.41) is 3.11. The summed E-state index contributed by atoms with van der Waals surface area (Å²) in [7, 11) is -0.927. The molecule has 0 saturated carbocycles. The Kier molecular flexibility index (Phi) is 7.61. The lowest BCUT2D eigenvalue weighted by atomic mass is 10.2. The minimum absolute atomic E-state index is 0.0765. The Labute approximate surface area is 192 Å². The quantitative estimate of drug-likeness (QED) is 0.509. The van der Waals surface area contributed by atoms with Crippen LogP contribution >= 0.6 is 11.6 Å². The largest absolute Gasteiger partial charge is 0.493 e. The number of anilines is 1. The number of amides is 1. The molecular formula is C23H23ClN2O5S. The lowest BCUT2D eigenvalue weighted by Crippen LogP contribution is -2.40. The fourth-order valence-corrected chi connectivity index (χ4v) is 4.66. The zero-order valence-corrected chi connectivity index (χ0v) is 19.2. The number of hydrogen-bond acceptors (Lipinski definition) is 5. The average Bonchev–Trinajstić information content (AvgIpc) is 2.81. The second-order valence-electron chi connectivity index (χ2n) is 6.77. The standard InChI is InChI=1S/C23H23ClN2O5S/c1-30-21-12-11-17(13-22(21)31-2)15-25-23(27)16-26(19-8-6-7-18(24)14-19)32(28,29)20-9-4-3-5-10-20/h3-14H,15-16H2,1-2H3,(H,25,27). The third kappa shape index (κ3) is 5.52. The average molecular weight is 475 g/mol.